The van der Waals surface area contributed by atoms with E-state index >= 15 is 0 Å². The first-order valence-electron chi connectivity index (χ1n) is 7.25. The minimum absolute atomic E-state index is 0.323. The van der Waals surface area contributed by atoms with Crippen molar-refractivity contribution < 1.29 is 0 Å². The summed E-state index contributed by atoms with van der Waals surface area (Å²) in [5.41, 5.74) is 0.692. The molecule has 0 radical (unpaired) electrons. The normalized spacial score (nSPS) is 22.1. The summed E-state index contributed by atoms with van der Waals surface area (Å²) in [5.74, 6) is 0. The van der Waals surface area contributed by atoms with Gasteiger partial charge in [0.2, 0.25) is 0 Å². The van der Waals surface area contributed by atoms with E-state index in [2.05, 4.69) is 52.0 Å². The molecule has 1 N–H and O–H groups in total. The summed E-state index contributed by atoms with van der Waals surface area (Å²) in [7, 11) is 4.52. The van der Waals surface area contributed by atoms with E-state index in [0.717, 1.165) is 6.54 Å². The fraction of sp³-hybridized carbons (Fsp3) is 1.00. The standard InChI is InChI=1S/C15H32N2/c1-7-12-16-13(14(2,3)4)15(17(5)6)10-8-9-11-15/h13,16H,7-12H2,1-6H3. The van der Waals surface area contributed by atoms with Crippen LogP contribution in [0.15, 0.2) is 0 Å². The zero-order valence-electron chi connectivity index (χ0n) is 12.8. The van der Waals surface area contributed by atoms with Gasteiger partial charge in [-0.25, -0.2) is 0 Å². The van der Waals surface area contributed by atoms with Gasteiger partial charge in [-0.15, -0.1) is 0 Å². The van der Waals surface area contributed by atoms with Crippen LogP contribution in [0.3, 0.4) is 0 Å². The highest BCUT2D eigenvalue weighted by Crippen LogP contribution is 2.42. The maximum absolute atomic E-state index is 3.83. The van der Waals surface area contributed by atoms with Crippen LogP contribution in [0.4, 0.5) is 0 Å². The highest BCUT2D eigenvalue weighted by molar-refractivity contribution is 5.06. The van der Waals surface area contributed by atoms with Crippen LogP contribution in [0.2, 0.25) is 0 Å². The molecule has 102 valence electrons. The van der Waals surface area contributed by atoms with Gasteiger partial charge in [-0.2, -0.15) is 0 Å². The van der Waals surface area contributed by atoms with E-state index in [0.29, 0.717) is 17.0 Å². The molecule has 0 aromatic carbocycles. The third-order valence-electron chi connectivity index (χ3n) is 4.36. The van der Waals surface area contributed by atoms with Crippen LogP contribution in [0.25, 0.3) is 0 Å². The van der Waals surface area contributed by atoms with E-state index in [1.54, 1.807) is 0 Å². The molecule has 2 nitrogen and oxygen atoms in total. The molecule has 1 saturated carbocycles. The second-order valence-corrected chi connectivity index (χ2v) is 6.96. The molecule has 0 aromatic heterocycles. The molecule has 1 fully saturated rings. The summed E-state index contributed by atoms with van der Waals surface area (Å²) in [5, 5.41) is 3.83. The molecular formula is C15H32N2. The Kier molecular flexibility index (Phi) is 5.03. The summed E-state index contributed by atoms with van der Waals surface area (Å²) in [4.78, 5) is 2.48. The van der Waals surface area contributed by atoms with E-state index in [1.165, 1.54) is 32.1 Å². The van der Waals surface area contributed by atoms with Crippen molar-refractivity contribution in [3.8, 4) is 0 Å². The van der Waals surface area contributed by atoms with Crippen LogP contribution in [0, 0.1) is 5.41 Å². The Hall–Kier alpha value is -0.0800. The molecule has 0 aromatic rings. The lowest BCUT2D eigenvalue weighted by molar-refractivity contribution is 0.0478. The van der Waals surface area contributed by atoms with Crippen LogP contribution >= 0.6 is 0 Å². The van der Waals surface area contributed by atoms with Gasteiger partial charge in [-0.3, -0.25) is 0 Å². The fourth-order valence-electron chi connectivity index (χ4n) is 3.57. The SMILES string of the molecule is CCCNC(C(C)(C)C)C1(N(C)C)CCCC1. The number of rotatable bonds is 5. The molecule has 0 spiro atoms. The lowest BCUT2D eigenvalue weighted by Crippen LogP contribution is -2.62. The molecular weight excluding hydrogens is 208 g/mol. The molecule has 1 aliphatic carbocycles. The van der Waals surface area contributed by atoms with Crippen LogP contribution < -0.4 is 5.32 Å². The first-order valence-corrected chi connectivity index (χ1v) is 7.25. The van der Waals surface area contributed by atoms with E-state index in [4.69, 9.17) is 0 Å². The van der Waals surface area contributed by atoms with Crippen molar-refractivity contribution >= 4 is 0 Å². The molecule has 17 heavy (non-hydrogen) atoms. The monoisotopic (exact) mass is 240 g/mol. The largest absolute Gasteiger partial charge is 0.312 e. The van der Waals surface area contributed by atoms with Crippen molar-refractivity contribution in [2.75, 3.05) is 20.6 Å². The van der Waals surface area contributed by atoms with Crippen molar-refractivity contribution in [2.45, 2.75) is 71.4 Å². The van der Waals surface area contributed by atoms with E-state index in [1.807, 2.05) is 0 Å². The molecule has 0 aliphatic heterocycles. The van der Waals surface area contributed by atoms with Gasteiger partial charge >= 0.3 is 0 Å². The molecule has 1 aliphatic rings. The minimum Gasteiger partial charge on any atom is -0.312 e. The van der Waals surface area contributed by atoms with E-state index in [-0.39, 0.29) is 0 Å². The van der Waals surface area contributed by atoms with Gasteiger partial charge in [0.1, 0.15) is 0 Å². The van der Waals surface area contributed by atoms with E-state index < -0.39 is 0 Å². The van der Waals surface area contributed by atoms with Crippen LogP contribution in [-0.2, 0) is 0 Å². The average molecular weight is 240 g/mol. The summed E-state index contributed by atoms with van der Waals surface area (Å²) in [6.45, 7) is 10.5. The second kappa shape index (κ2) is 5.71. The van der Waals surface area contributed by atoms with Gasteiger partial charge in [0, 0.05) is 11.6 Å². The van der Waals surface area contributed by atoms with Gasteiger partial charge < -0.3 is 10.2 Å². The van der Waals surface area contributed by atoms with Crippen molar-refractivity contribution in [2.24, 2.45) is 5.41 Å². The zero-order valence-corrected chi connectivity index (χ0v) is 12.8. The number of likely N-dealkylation sites (N-methyl/N-ethyl adjacent to an activating group) is 1. The zero-order chi connectivity index (χ0) is 13.1. The Morgan fingerprint density at radius 3 is 2.06 bits per heavy atom. The average Bonchev–Trinajstić information content (AvgIpc) is 2.66. The third-order valence-corrected chi connectivity index (χ3v) is 4.36. The fourth-order valence-corrected chi connectivity index (χ4v) is 3.57. The van der Waals surface area contributed by atoms with Crippen LogP contribution in [0.5, 0.6) is 0 Å². The Morgan fingerprint density at radius 2 is 1.71 bits per heavy atom. The van der Waals surface area contributed by atoms with Gasteiger partial charge in [0.15, 0.2) is 0 Å². The predicted molar refractivity (Wildman–Crippen MR) is 76.4 cm³/mol. The smallest absolute Gasteiger partial charge is 0.0361 e. The van der Waals surface area contributed by atoms with Crippen molar-refractivity contribution in [1.82, 2.24) is 10.2 Å². The Balaban J connectivity index is 2.92. The first-order chi connectivity index (χ1) is 7.84. The topological polar surface area (TPSA) is 15.3 Å². The lowest BCUT2D eigenvalue weighted by Gasteiger charge is -2.49. The highest BCUT2D eigenvalue weighted by atomic mass is 15.2. The maximum Gasteiger partial charge on any atom is 0.0361 e. The minimum atomic E-state index is 0.323. The van der Waals surface area contributed by atoms with Crippen LogP contribution in [-0.4, -0.2) is 37.1 Å². The summed E-state index contributed by atoms with van der Waals surface area (Å²) in [6.07, 6.45) is 6.69. The molecule has 1 rings (SSSR count). The number of nitrogens with zero attached hydrogens (tertiary/aromatic N) is 1. The quantitative estimate of drug-likeness (QED) is 0.793. The highest BCUT2D eigenvalue weighted by Gasteiger charge is 2.47. The van der Waals surface area contributed by atoms with Crippen LogP contribution in [0.1, 0.15) is 59.8 Å². The van der Waals surface area contributed by atoms with E-state index in [9.17, 15) is 0 Å². The number of hydrogen-bond acceptors (Lipinski definition) is 2. The van der Waals surface area contributed by atoms with Gasteiger partial charge in [-0.05, 0) is 45.3 Å². The van der Waals surface area contributed by atoms with Gasteiger partial charge in [-0.1, -0.05) is 40.5 Å². The third kappa shape index (κ3) is 3.23. The molecule has 1 unspecified atom stereocenters. The second-order valence-electron chi connectivity index (χ2n) is 6.96. The van der Waals surface area contributed by atoms with Gasteiger partial charge in [0.05, 0.1) is 0 Å². The predicted octanol–water partition coefficient (Wildman–Crippen LogP) is 3.28. The summed E-state index contributed by atoms with van der Waals surface area (Å²) >= 11 is 0. The first kappa shape index (κ1) is 15.0. The van der Waals surface area contributed by atoms with Crippen molar-refractivity contribution in [3.05, 3.63) is 0 Å². The molecule has 2 heteroatoms. The summed E-state index contributed by atoms with van der Waals surface area (Å²) < 4.78 is 0. The Bertz CT molecular complexity index is 222. The summed E-state index contributed by atoms with van der Waals surface area (Å²) in [6, 6.07) is 0.590. The molecule has 0 heterocycles. The maximum atomic E-state index is 3.83. The number of hydrogen-bond donors (Lipinski definition) is 1. The molecule has 1 atom stereocenters. The number of nitrogens with one attached hydrogen (secondary N) is 1. The Morgan fingerprint density at radius 1 is 1.18 bits per heavy atom. The van der Waals surface area contributed by atoms with Crippen molar-refractivity contribution in [3.63, 3.8) is 0 Å². The molecule has 0 amide bonds. The molecule has 0 saturated heterocycles. The van der Waals surface area contributed by atoms with Crippen molar-refractivity contribution in [1.29, 1.82) is 0 Å². The molecule has 0 bridgehead atoms. The van der Waals surface area contributed by atoms with Gasteiger partial charge in [0.25, 0.3) is 0 Å². The lowest BCUT2D eigenvalue weighted by atomic mass is 9.72. The Labute approximate surface area is 108 Å².